The van der Waals surface area contributed by atoms with Crippen LogP contribution in [0.4, 0.5) is 0 Å². The van der Waals surface area contributed by atoms with E-state index in [0.29, 0.717) is 18.7 Å². The third kappa shape index (κ3) is 4.17. The molecule has 0 unspecified atom stereocenters. The minimum atomic E-state index is -0.384. The topological polar surface area (TPSA) is 98.2 Å². The van der Waals surface area contributed by atoms with Crippen molar-refractivity contribution in [3.05, 3.63) is 41.7 Å². The number of amides is 2. The van der Waals surface area contributed by atoms with E-state index in [1.165, 1.54) is 0 Å². The third-order valence-electron chi connectivity index (χ3n) is 2.97. The second-order valence-corrected chi connectivity index (χ2v) is 4.77. The Hall–Kier alpha value is -2.63. The van der Waals surface area contributed by atoms with Crippen LogP contribution in [-0.4, -0.2) is 23.5 Å². The number of hydrogen-bond acceptors (Lipinski definition) is 4. The van der Waals surface area contributed by atoms with Gasteiger partial charge in [-0.25, -0.2) is 0 Å². The molecule has 2 rings (SSSR count). The van der Waals surface area contributed by atoms with Gasteiger partial charge in [0.1, 0.15) is 5.69 Å². The molecule has 6 nitrogen and oxygen atoms in total. The number of primary amides is 1. The summed E-state index contributed by atoms with van der Waals surface area (Å²) in [5.74, 6) is -0.597. The maximum absolute atomic E-state index is 11.8. The van der Waals surface area contributed by atoms with Crippen LogP contribution in [0, 0.1) is 6.92 Å². The first kappa shape index (κ1) is 14.8. The van der Waals surface area contributed by atoms with Crippen molar-refractivity contribution in [2.75, 3.05) is 6.54 Å². The summed E-state index contributed by atoms with van der Waals surface area (Å²) >= 11 is 0. The SMILES string of the molecule is Cc1ccc(-c2cc(C(=O)NCCCC(N)=O)on2)cc1. The molecule has 1 heterocycles. The van der Waals surface area contributed by atoms with Crippen LogP contribution >= 0.6 is 0 Å². The smallest absolute Gasteiger partial charge is 0.289 e. The Labute approximate surface area is 122 Å². The van der Waals surface area contributed by atoms with E-state index in [9.17, 15) is 9.59 Å². The van der Waals surface area contributed by atoms with E-state index in [1.807, 2.05) is 31.2 Å². The molecule has 0 aliphatic carbocycles. The van der Waals surface area contributed by atoms with Gasteiger partial charge in [0.05, 0.1) is 0 Å². The molecule has 0 fully saturated rings. The quantitative estimate of drug-likeness (QED) is 0.789. The van der Waals surface area contributed by atoms with Crippen molar-refractivity contribution < 1.29 is 14.1 Å². The van der Waals surface area contributed by atoms with Crippen molar-refractivity contribution in [1.82, 2.24) is 10.5 Å². The van der Waals surface area contributed by atoms with Crippen molar-refractivity contribution in [2.24, 2.45) is 5.73 Å². The number of hydrogen-bond donors (Lipinski definition) is 2. The van der Waals surface area contributed by atoms with Gasteiger partial charge in [-0.3, -0.25) is 9.59 Å². The normalized spacial score (nSPS) is 10.3. The lowest BCUT2D eigenvalue weighted by molar-refractivity contribution is -0.118. The molecule has 3 N–H and O–H groups in total. The Morgan fingerprint density at radius 3 is 2.67 bits per heavy atom. The summed E-state index contributed by atoms with van der Waals surface area (Å²) in [6, 6.07) is 9.36. The molecule has 110 valence electrons. The largest absolute Gasteiger partial charge is 0.370 e. The molecule has 1 aromatic heterocycles. The van der Waals surface area contributed by atoms with Gasteiger partial charge in [0.25, 0.3) is 5.91 Å². The van der Waals surface area contributed by atoms with Gasteiger partial charge in [0.2, 0.25) is 11.7 Å². The molecule has 1 aromatic carbocycles. The fourth-order valence-electron chi connectivity index (χ4n) is 1.79. The first-order chi connectivity index (χ1) is 10.1. The predicted octanol–water partition coefficient (Wildman–Crippen LogP) is 1.65. The summed E-state index contributed by atoms with van der Waals surface area (Å²) in [6.07, 6.45) is 0.741. The Kier molecular flexibility index (Phi) is 4.71. The van der Waals surface area contributed by atoms with E-state index < -0.39 is 0 Å². The molecule has 0 radical (unpaired) electrons. The van der Waals surface area contributed by atoms with E-state index >= 15 is 0 Å². The van der Waals surface area contributed by atoms with Crippen LogP contribution in [0.15, 0.2) is 34.9 Å². The molecule has 0 atom stereocenters. The minimum absolute atomic E-state index is 0.143. The number of benzene rings is 1. The lowest BCUT2D eigenvalue weighted by atomic mass is 10.1. The van der Waals surface area contributed by atoms with Crippen LogP contribution in [0.3, 0.4) is 0 Å². The molecule has 0 spiro atoms. The number of nitrogens with one attached hydrogen (secondary N) is 1. The van der Waals surface area contributed by atoms with E-state index in [0.717, 1.165) is 11.1 Å². The number of aromatic nitrogens is 1. The molecule has 0 bridgehead atoms. The van der Waals surface area contributed by atoms with Crippen LogP contribution in [-0.2, 0) is 4.79 Å². The summed E-state index contributed by atoms with van der Waals surface area (Å²) < 4.78 is 5.04. The van der Waals surface area contributed by atoms with Crippen LogP contribution in [0.1, 0.15) is 29.0 Å². The summed E-state index contributed by atoms with van der Waals surface area (Å²) in [5, 5.41) is 6.53. The molecule has 0 saturated carbocycles. The minimum Gasteiger partial charge on any atom is -0.370 e. The van der Waals surface area contributed by atoms with Gasteiger partial charge in [0, 0.05) is 24.6 Å². The Balaban J connectivity index is 1.94. The van der Waals surface area contributed by atoms with Crippen molar-refractivity contribution in [3.8, 4) is 11.3 Å². The van der Waals surface area contributed by atoms with Crippen LogP contribution < -0.4 is 11.1 Å². The molecular formula is C15H17N3O3. The summed E-state index contributed by atoms with van der Waals surface area (Å²) in [7, 11) is 0. The molecule has 0 aliphatic heterocycles. The summed E-state index contributed by atoms with van der Waals surface area (Å²) in [6.45, 7) is 2.36. The highest BCUT2D eigenvalue weighted by Crippen LogP contribution is 2.19. The van der Waals surface area contributed by atoms with Gasteiger partial charge in [0.15, 0.2) is 0 Å². The molecule has 6 heteroatoms. The van der Waals surface area contributed by atoms with Crippen molar-refractivity contribution in [2.45, 2.75) is 19.8 Å². The fraction of sp³-hybridized carbons (Fsp3) is 0.267. The summed E-state index contributed by atoms with van der Waals surface area (Å²) in [4.78, 5) is 22.4. The van der Waals surface area contributed by atoms with Gasteiger partial charge >= 0.3 is 0 Å². The van der Waals surface area contributed by atoms with E-state index in [-0.39, 0.29) is 24.0 Å². The molecular weight excluding hydrogens is 270 g/mol. The average Bonchev–Trinajstić information content (AvgIpc) is 2.94. The number of nitrogens with two attached hydrogens (primary N) is 1. The third-order valence-corrected chi connectivity index (χ3v) is 2.97. The van der Waals surface area contributed by atoms with Crippen LogP contribution in [0.5, 0.6) is 0 Å². The number of nitrogens with zero attached hydrogens (tertiary/aromatic N) is 1. The molecule has 21 heavy (non-hydrogen) atoms. The van der Waals surface area contributed by atoms with Gasteiger partial charge in [-0.05, 0) is 13.3 Å². The highest BCUT2D eigenvalue weighted by Gasteiger charge is 2.13. The second kappa shape index (κ2) is 6.69. The highest BCUT2D eigenvalue weighted by molar-refractivity contribution is 5.92. The molecule has 2 aromatic rings. The van der Waals surface area contributed by atoms with E-state index in [4.69, 9.17) is 10.3 Å². The fourth-order valence-corrected chi connectivity index (χ4v) is 1.79. The van der Waals surface area contributed by atoms with Crippen LogP contribution in [0.2, 0.25) is 0 Å². The molecule has 2 amide bonds. The zero-order chi connectivity index (χ0) is 15.2. The number of rotatable bonds is 6. The first-order valence-electron chi connectivity index (χ1n) is 6.66. The standard InChI is InChI=1S/C15H17N3O3/c1-10-4-6-11(7-5-10)12-9-13(21-18-12)15(20)17-8-2-3-14(16)19/h4-7,9H,2-3,8H2,1H3,(H2,16,19)(H,17,20). The highest BCUT2D eigenvalue weighted by atomic mass is 16.5. The van der Waals surface area contributed by atoms with Crippen molar-refractivity contribution in [3.63, 3.8) is 0 Å². The monoisotopic (exact) mass is 287 g/mol. The second-order valence-electron chi connectivity index (χ2n) is 4.77. The Morgan fingerprint density at radius 1 is 1.29 bits per heavy atom. The zero-order valence-electron chi connectivity index (χ0n) is 11.8. The van der Waals surface area contributed by atoms with Gasteiger partial charge in [-0.15, -0.1) is 0 Å². The number of carbonyl (C=O) groups excluding carboxylic acids is 2. The average molecular weight is 287 g/mol. The van der Waals surface area contributed by atoms with E-state index in [2.05, 4.69) is 10.5 Å². The van der Waals surface area contributed by atoms with E-state index in [1.54, 1.807) is 6.07 Å². The molecule has 0 aliphatic rings. The van der Waals surface area contributed by atoms with Crippen molar-refractivity contribution >= 4 is 11.8 Å². The maximum atomic E-state index is 11.8. The lowest BCUT2D eigenvalue weighted by Gasteiger charge is -2.00. The Bertz CT molecular complexity index is 632. The van der Waals surface area contributed by atoms with Crippen LogP contribution in [0.25, 0.3) is 11.3 Å². The lowest BCUT2D eigenvalue weighted by Crippen LogP contribution is -2.25. The molecule has 0 saturated heterocycles. The zero-order valence-corrected chi connectivity index (χ0v) is 11.8. The number of aryl methyl sites for hydroxylation is 1. The van der Waals surface area contributed by atoms with Gasteiger partial charge in [-0.1, -0.05) is 35.0 Å². The Morgan fingerprint density at radius 2 is 2.00 bits per heavy atom. The van der Waals surface area contributed by atoms with Gasteiger partial charge < -0.3 is 15.6 Å². The summed E-state index contributed by atoms with van der Waals surface area (Å²) in [5.41, 5.74) is 7.66. The number of carbonyl (C=O) groups is 2. The maximum Gasteiger partial charge on any atom is 0.289 e. The van der Waals surface area contributed by atoms with Crippen molar-refractivity contribution in [1.29, 1.82) is 0 Å². The van der Waals surface area contributed by atoms with Gasteiger partial charge in [-0.2, -0.15) is 0 Å². The predicted molar refractivity (Wildman–Crippen MR) is 77.4 cm³/mol. The first-order valence-corrected chi connectivity index (χ1v) is 6.66.